The van der Waals surface area contributed by atoms with Crippen LogP contribution in [0.3, 0.4) is 0 Å². The van der Waals surface area contributed by atoms with Gasteiger partial charge < -0.3 is 15.3 Å². The maximum Gasteiger partial charge on any atom is 0.303 e. The van der Waals surface area contributed by atoms with Gasteiger partial charge in [0, 0.05) is 12.8 Å². The van der Waals surface area contributed by atoms with Crippen molar-refractivity contribution in [3.63, 3.8) is 0 Å². The fourth-order valence-electron chi connectivity index (χ4n) is 2.16. The molecule has 0 spiro atoms. The summed E-state index contributed by atoms with van der Waals surface area (Å²) in [4.78, 5) is 10.3. The molecular weight excluding hydrogens is 280 g/mol. The molecule has 0 aliphatic heterocycles. The molecule has 0 fully saturated rings. The minimum Gasteiger partial charge on any atom is -0.513 e. The van der Waals surface area contributed by atoms with Crippen LogP contribution in [0.5, 0.6) is 0 Å². The van der Waals surface area contributed by atoms with Gasteiger partial charge in [-0.1, -0.05) is 51.2 Å². The Morgan fingerprint density at radius 1 is 1.00 bits per heavy atom. The topological polar surface area (TPSA) is 77.8 Å². The molecule has 22 heavy (non-hydrogen) atoms. The monoisotopic (exact) mass is 312 g/mol. The van der Waals surface area contributed by atoms with Gasteiger partial charge in [0.25, 0.3) is 0 Å². The van der Waals surface area contributed by atoms with Crippen molar-refractivity contribution >= 4 is 5.97 Å². The zero-order valence-corrected chi connectivity index (χ0v) is 13.8. The van der Waals surface area contributed by atoms with Crippen LogP contribution in [-0.2, 0) is 4.79 Å². The molecule has 0 rings (SSSR count). The van der Waals surface area contributed by atoms with Crippen LogP contribution >= 0.6 is 0 Å². The summed E-state index contributed by atoms with van der Waals surface area (Å²) in [5, 5.41) is 27.8. The fourth-order valence-corrected chi connectivity index (χ4v) is 2.16. The summed E-state index contributed by atoms with van der Waals surface area (Å²) < 4.78 is 0. The minimum atomic E-state index is -0.728. The van der Waals surface area contributed by atoms with E-state index in [1.54, 1.807) is 12.2 Å². The third-order valence-corrected chi connectivity index (χ3v) is 3.52. The molecule has 0 heterocycles. The van der Waals surface area contributed by atoms with E-state index in [1.807, 2.05) is 6.08 Å². The number of carboxylic acids is 1. The normalized spacial score (nSPS) is 13.6. The van der Waals surface area contributed by atoms with Gasteiger partial charge in [-0.05, 0) is 31.8 Å². The average molecular weight is 312 g/mol. The molecule has 128 valence electrons. The van der Waals surface area contributed by atoms with Gasteiger partial charge in [-0.3, -0.25) is 4.79 Å². The van der Waals surface area contributed by atoms with Crippen molar-refractivity contribution in [1.82, 2.24) is 0 Å². The van der Waals surface area contributed by atoms with Crippen LogP contribution in [0.2, 0.25) is 0 Å². The van der Waals surface area contributed by atoms with Crippen molar-refractivity contribution in [2.45, 2.75) is 83.7 Å². The van der Waals surface area contributed by atoms with E-state index in [9.17, 15) is 15.0 Å². The number of allylic oxidation sites excluding steroid dienone is 3. The zero-order valence-electron chi connectivity index (χ0n) is 13.8. The summed E-state index contributed by atoms with van der Waals surface area (Å²) in [5.41, 5.74) is 0. The number of unbranched alkanes of at least 4 members (excludes halogenated alkanes) is 5. The first-order valence-electron chi connectivity index (χ1n) is 8.50. The van der Waals surface area contributed by atoms with Crippen LogP contribution in [0.25, 0.3) is 0 Å². The predicted molar refractivity (Wildman–Crippen MR) is 90.0 cm³/mol. The highest BCUT2D eigenvalue weighted by atomic mass is 16.4. The molecule has 0 aromatic rings. The highest BCUT2D eigenvalue weighted by Crippen LogP contribution is 2.11. The summed E-state index contributed by atoms with van der Waals surface area (Å²) in [6.45, 7) is 2.10. The molecule has 0 bridgehead atoms. The fraction of sp³-hybridized carbons (Fsp3) is 0.722. The number of hydrogen-bond donors (Lipinski definition) is 3. The summed E-state index contributed by atoms with van der Waals surface area (Å²) in [6.07, 6.45) is 14.2. The number of carboxylic acid groups (broad SMARTS) is 1. The maximum atomic E-state index is 10.3. The third kappa shape index (κ3) is 15.1. The second-order valence-corrected chi connectivity index (χ2v) is 5.73. The Morgan fingerprint density at radius 2 is 1.64 bits per heavy atom. The SMILES string of the molecule is CCCCC(O)/C=C\C/C=C(/O)CCCCCCCC(=O)O. The lowest BCUT2D eigenvalue weighted by Gasteiger charge is -2.03. The smallest absolute Gasteiger partial charge is 0.303 e. The van der Waals surface area contributed by atoms with Crippen LogP contribution in [0.4, 0.5) is 0 Å². The number of rotatable bonds is 14. The molecule has 0 saturated heterocycles. The number of aliphatic carboxylic acids is 1. The van der Waals surface area contributed by atoms with Gasteiger partial charge >= 0.3 is 5.97 Å². The molecular formula is C18H32O4. The number of hydrogen-bond acceptors (Lipinski definition) is 3. The molecule has 1 atom stereocenters. The van der Waals surface area contributed by atoms with E-state index in [1.165, 1.54) is 0 Å². The molecule has 1 unspecified atom stereocenters. The molecule has 0 aliphatic carbocycles. The van der Waals surface area contributed by atoms with E-state index in [4.69, 9.17) is 5.11 Å². The Balaban J connectivity index is 3.56. The van der Waals surface area contributed by atoms with Gasteiger partial charge in [-0.25, -0.2) is 0 Å². The van der Waals surface area contributed by atoms with E-state index in [0.29, 0.717) is 18.6 Å². The Labute approximate surface area is 134 Å². The first kappa shape index (κ1) is 20.7. The molecule has 0 saturated carbocycles. The van der Waals surface area contributed by atoms with Crippen LogP contribution in [0.15, 0.2) is 24.0 Å². The van der Waals surface area contributed by atoms with Gasteiger partial charge in [0.15, 0.2) is 0 Å². The number of aliphatic hydroxyl groups excluding tert-OH is 2. The second kappa shape index (κ2) is 14.6. The summed E-state index contributed by atoms with van der Waals surface area (Å²) in [7, 11) is 0. The Kier molecular flexibility index (Phi) is 13.8. The Morgan fingerprint density at radius 3 is 2.27 bits per heavy atom. The quantitative estimate of drug-likeness (QED) is 0.246. The van der Waals surface area contributed by atoms with Gasteiger partial charge in [0.2, 0.25) is 0 Å². The molecule has 4 nitrogen and oxygen atoms in total. The first-order valence-corrected chi connectivity index (χ1v) is 8.50. The Hall–Kier alpha value is -1.29. The van der Waals surface area contributed by atoms with Crippen molar-refractivity contribution in [3.05, 3.63) is 24.0 Å². The van der Waals surface area contributed by atoms with Crippen molar-refractivity contribution < 1.29 is 20.1 Å². The van der Waals surface area contributed by atoms with Crippen LogP contribution in [0.1, 0.15) is 77.6 Å². The molecule has 0 amide bonds. The van der Waals surface area contributed by atoms with Crippen LogP contribution in [-0.4, -0.2) is 27.4 Å². The lowest BCUT2D eigenvalue weighted by Crippen LogP contribution is -2.00. The summed E-state index contributed by atoms with van der Waals surface area (Å²) >= 11 is 0. The zero-order chi connectivity index (χ0) is 16.6. The van der Waals surface area contributed by atoms with E-state index in [2.05, 4.69) is 6.92 Å². The van der Waals surface area contributed by atoms with Crippen molar-refractivity contribution in [2.75, 3.05) is 0 Å². The first-order chi connectivity index (χ1) is 10.6. The molecule has 0 radical (unpaired) electrons. The summed E-state index contributed by atoms with van der Waals surface area (Å²) in [6, 6.07) is 0. The Bertz CT molecular complexity index is 334. The molecule has 0 aromatic carbocycles. The van der Waals surface area contributed by atoms with E-state index >= 15 is 0 Å². The largest absolute Gasteiger partial charge is 0.513 e. The van der Waals surface area contributed by atoms with Crippen LogP contribution < -0.4 is 0 Å². The molecule has 0 aliphatic rings. The molecule has 4 heteroatoms. The minimum absolute atomic E-state index is 0.252. The molecule has 0 aromatic heterocycles. The van der Waals surface area contributed by atoms with Gasteiger partial charge in [0.05, 0.1) is 11.9 Å². The van der Waals surface area contributed by atoms with Crippen molar-refractivity contribution in [3.8, 4) is 0 Å². The summed E-state index contributed by atoms with van der Waals surface area (Å²) in [5.74, 6) is -0.327. The lowest BCUT2D eigenvalue weighted by molar-refractivity contribution is -0.137. The predicted octanol–water partition coefficient (Wildman–Crippen LogP) is 4.74. The number of carbonyl (C=O) groups is 1. The van der Waals surface area contributed by atoms with Crippen LogP contribution in [0, 0.1) is 0 Å². The average Bonchev–Trinajstić information content (AvgIpc) is 2.48. The second-order valence-electron chi connectivity index (χ2n) is 5.73. The highest BCUT2D eigenvalue weighted by Gasteiger charge is 1.98. The standard InChI is InChI=1S/C18H32O4/c1-2-3-11-16(19)13-9-10-14-17(20)12-7-5-4-6-8-15-18(21)22/h9,13-14,16,19-20H,2-8,10-12,15H2,1H3,(H,21,22)/b13-9-,17-14+. The highest BCUT2D eigenvalue weighted by molar-refractivity contribution is 5.66. The lowest BCUT2D eigenvalue weighted by atomic mass is 10.1. The maximum absolute atomic E-state index is 10.3. The number of aliphatic hydroxyl groups is 2. The van der Waals surface area contributed by atoms with Crippen molar-refractivity contribution in [2.24, 2.45) is 0 Å². The van der Waals surface area contributed by atoms with Gasteiger partial charge in [-0.15, -0.1) is 0 Å². The van der Waals surface area contributed by atoms with Gasteiger partial charge in [-0.2, -0.15) is 0 Å². The van der Waals surface area contributed by atoms with E-state index in [-0.39, 0.29) is 12.5 Å². The van der Waals surface area contributed by atoms with Gasteiger partial charge in [0.1, 0.15) is 0 Å². The van der Waals surface area contributed by atoms with E-state index < -0.39 is 5.97 Å². The van der Waals surface area contributed by atoms with Crippen molar-refractivity contribution in [1.29, 1.82) is 0 Å². The molecule has 3 N–H and O–H groups in total. The van der Waals surface area contributed by atoms with E-state index in [0.717, 1.165) is 51.4 Å². The third-order valence-electron chi connectivity index (χ3n) is 3.52.